The number of aromatic nitrogens is 2. The van der Waals surface area contributed by atoms with E-state index in [0.717, 1.165) is 25.2 Å². The van der Waals surface area contributed by atoms with Crippen molar-refractivity contribution in [3.8, 4) is 0 Å². The predicted molar refractivity (Wildman–Crippen MR) is 86.3 cm³/mol. The molecule has 0 spiro atoms. The summed E-state index contributed by atoms with van der Waals surface area (Å²) in [6.07, 6.45) is 1.13. The summed E-state index contributed by atoms with van der Waals surface area (Å²) in [5.41, 5.74) is 3.96. The van der Waals surface area contributed by atoms with Crippen LogP contribution in [-0.4, -0.2) is 35.3 Å². The maximum atomic E-state index is 4.71. The van der Waals surface area contributed by atoms with E-state index in [1.54, 1.807) is 0 Å². The van der Waals surface area contributed by atoms with Crippen LogP contribution in [0.4, 0.5) is 0 Å². The Labute approximate surface area is 122 Å². The Hall–Kier alpha value is -1.35. The van der Waals surface area contributed by atoms with E-state index in [4.69, 9.17) is 5.10 Å². The highest BCUT2D eigenvalue weighted by Crippen LogP contribution is 2.27. The lowest BCUT2D eigenvalue weighted by molar-refractivity contribution is 0.382. The first-order valence-corrected chi connectivity index (χ1v) is 7.41. The van der Waals surface area contributed by atoms with Gasteiger partial charge < -0.3 is 4.90 Å². The second-order valence-corrected chi connectivity index (χ2v) is 6.95. The maximum absolute atomic E-state index is 4.71. The Morgan fingerprint density at radius 3 is 2.50 bits per heavy atom. The summed E-state index contributed by atoms with van der Waals surface area (Å²) in [5, 5.41) is 5.99. The smallest absolute Gasteiger partial charge is 0.0688 e. The molecule has 0 bridgehead atoms. The quantitative estimate of drug-likeness (QED) is 0.849. The minimum Gasteiger partial charge on any atom is -0.309 e. The van der Waals surface area contributed by atoms with Gasteiger partial charge in [0.2, 0.25) is 0 Å². The Balaban J connectivity index is 2.34. The van der Waals surface area contributed by atoms with Gasteiger partial charge in [0.05, 0.1) is 11.2 Å². The van der Waals surface area contributed by atoms with Crippen molar-refractivity contribution in [2.75, 3.05) is 20.6 Å². The van der Waals surface area contributed by atoms with Crippen molar-refractivity contribution in [3.05, 3.63) is 29.5 Å². The molecule has 0 amide bonds. The lowest BCUT2D eigenvalue weighted by Gasteiger charge is -2.19. The van der Waals surface area contributed by atoms with Crippen molar-refractivity contribution in [1.29, 1.82) is 0 Å². The Bertz CT molecular complexity index is 588. The predicted octanol–water partition coefficient (Wildman–Crippen LogP) is 3.59. The lowest BCUT2D eigenvalue weighted by atomic mass is 9.86. The van der Waals surface area contributed by atoms with E-state index >= 15 is 0 Å². The first kappa shape index (κ1) is 15.0. The molecular weight excluding hydrogens is 246 g/mol. The normalized spacial score (nSPS) is 12.6. The molecule has 0 atom stereocenters. The van der Waals surface area contributed by atoms with Gasteiger partial charge in [-0.2, -0.15) is 5.10 Å². The van der Waals surface area contributed by atoms with E-state index in [1.807, 2.05) is 0 Å². The maximum Gasteiger partial charge on any atom is 0.0688 e. The number of nitrogens with zero attached hydrogens (tertiary/aromatic N) is 3. The van der Waals surface area contributed by atoms with Crippen LogP contribution in [0.2, 0.25) is 0 Å². The third-order valence-corrected chi connectivity index (χ3v) is 3.78. The van der Waals surface area contributed by atoms with Crippen LogP contribution >= 0.6 is 0 Å². The average Bonchev–Trinajstić information content (AvgIpc) is 2.65. The fourth-order valence-electron chi connectivity index (χ4n) is 2.51. The molecule has 0 N–H and O–H groups in total. The first-order valence-electron chi connectivity index (χ1n) is 7.41. The summed E-state index contributed by atoms with van der Waals surface area (Å²) in [7, 11) is 4.23. The summed E-state index contributed by atoms with van der Waals surface area (Å²) in [4.78, 5) is 2.22. The largest absolute Gasteiger partial charge is 0.309 e. The van der Waals surface area contributed by atoms with E-state index in [0.29, 0.717) is 0 Å². The van der Waals surface area contributed by atoms with Gasteiger partial charge in [-0.15, -0.1) is 0 Å². The fourth-order valence-corrected chi connectivity index (χ4v) is 2.51. The van der Waals surface area contributed by atoms with Gasteiger partial charge in [-0.25, -0.2) is 0 Å². The number of hydrogen-bond acceptors (Lipinski definition) is 2. The van der Waals surface area contributed by atoms with E-state index < -0.39 is 0 Å². The highest BCUT2D eigenvalue weighted by Gasteiger charge is 2.16. The van der Waals surface area contributed by atoms with Crippen molar-refractivity contribution in [2.24, 2.45) is 0 Å². The summed E-state index contributed by atoms with van der Waals surface area (Å²) in [5.74, 6) is 0. The third-order valence-electron chi connectivity index (χ3n) is 3.78. The molecule has 0 unspecified atom stereocenters. The summed E-state index contributed by atoms with van der Waals surface area (Å²) >= 11 is 0. The second-order valence-electron chi connectivity index (χ2n) is 6.95. The molecule has 2 rings (SSSR count). The Kier molecular flexibility index (Phi) is 4.19. The van der Waals surface area contributed by atoms with Crippen molar-refractivity contribution in [2.45, 2.75) is 46.1 Å². The molecule has 20 heavy (non-hydrogen) atoms. The molecule has 1 aromatic carbocycles. The van der Waals surface area contributed by atoms with Gasteiger partial charge in [0, 0.05) is 11.9 Å². The third kappa shape index (κ3) is 3.21. The SMILES string of the molecule is Cc1nn(CCCN(C)C)c2cc(C(C)(C)C)ccc12. The van der Waals surface area contributed by atoms with Crippen LogP contribution in [0.15, 0.2) is 18.2 Å². The minimum atomic E-state index is 0.181. The fraction of sp³-hybridized carbons (Fsp3) is 0.588. The van der Waals surface area contributed by atoms with Crippen molar-refractivity contribution >= 4 is 10.9 Å². The van der Waals surface area contributed by atoms with E-state index in [1.165, 1.54) is 16.5 Å². The Morgan fingerprint density at radius 1 is 1.20 bits per heavy atom. The molecule has 0 aliphatic rings. The first-order chi connectivity index (χ1) is 9.29. The molecule has 1 aromatic heterocycles. The monoisotopic (exact) mass is 273 g/mol. The molecule has 0 saturated carbocycles. The lowest BCUT2D eigenvalue weighted by Crippen LogP contribution is -2.15. The van der Waals surface area contributed by atoms with Gasteiger partial charge in [0.1, 0.15) is 0 Å². The number of aryl methyl sites for hydroxylation is 2. The standard InChI is InChI=1S/C17H27N3/c1-13-15-9-8-14(17(2,3)4)12-16(15)20(18-13)11-7-10-19(5)6/h8-9,12H,7,10-11H2,1-6H3. The van der Waals surface area contributed by atoms with Crippen LogP contribution in [0.25, 0.3) is 10.9 Å². The highest BCUT2D eigenvalue weighted by molar-refractivity contribution is 5.82. The van der Waals surface area contributed by atoms with Crippen LogP contribution in [-0.2, 0) is 12.0 Å². The molecule has 110 valence electrons. The zero-order valence-corrected chi connectivity index (χ0v) is 13.7. The topological polar surface area (TPSA) is 21.1 Å². The minimum absolute atomic E-state index is 0.181. The molecule has 0 radical (unpaired) electrons. The number of fused-ring (bicyclic) bond motifs is 1. The Morgan fingerprint density at radius 2 is 1.90 bits per heavy atom. The molecule has 0 aliphatic heterocycles. The molecule has 1 heterocycles. The van der Waals surface area contributed by atoms with Gasteiger partial charge in [0.25, 0.3) is 0 Å². The zero-order valence-electron chi connectivity index (χ0n) is 13.7. The van der Waals surface area contributed by atoms with Crippen LogP contribution in [0.3, 0.4) is 0 Å². The molecule has 0 saturated heterocycles. The van der Waals surface area contributed by atoms with Gasteiger partial charge in [-0.1, -0.05) is 32.9 Å². The van der Waals surface area contributed by atoms with Crippen LogP contribution < -0.4 is 0 Å². The van der Waals surface area contributed by atoms with Crippen LogP contribution in [0.5, 0.6) is 0 Å². The van der Waals surface area contributed by atoms with Crippen molar-refractivity contribution in [3.63, 3.8) is 0 Å². The average molecular weight is 273 g/mol. The van der Waals surface area contributed by atoms with E-state index in [9.17, 15) is 0 Å². The van der Waals surface area contributed by atoms with E-state index in [-0.39, 0.29) is 5.41 Å². The molecule has 3 heteroatoms. The van der Waals surface area contributed by atoms with E-state index in [2.05, 4.69) is 69.6 Å². The highest BCUT2D eigenvalue weighted by atomic mass is 15.3. The summed E-state index contributed by atoms with van der Waals surface area (Å²) < 4.78 is 2.17. The summed E-state index contributed by atoms with van der Waals surface area (Å²) in [6.45, 7) is 11.0. The van der Waals surface area contributed by atoms with Gasteiger partial charge in [-0.05, 0) is 51.0 Å². The van der Waals surface area contributed by atoms with Gasteiger partial charge in [0.15, 0.2) is 0 Å². The van der Waals surface area contributed by atoms with Crippen LogP contribution in [0, 0.1) is 6.92 Å². The van der Waals surface area contributed by atoms with Crippen molar-refractivity contribution < 1.29 is 0 Å². The van der Waals surface area contributed by atoms with Crippen molar-refractivity contribution in [1.82, 2.24) is 14.7 Å². The number of benzene rings is 1. The molecule has 2 aromatic rings. The zero-order chi connectivity index (χ0) is 14.9. The molecule has 3 nitrogen and oxygen atoms in total. The molecule has 0 aliphatic carbocycles. The number of rotatable bonds is 4. The van der Waals surface area contributed by atoms with Gasteiger partial charge >= 0.3 is 0 Å². The molecular formula is C17H27N3. The second kappa shape index (κ2) is 5.57. The van der Waals surface area contributed by atoms with Gasteiger partial charge in [-0.3, -0.25) is 4.68 Å². The molecule has 0 fully saturated rings. The van der Waals surface area contributed by atoms with Crippen LogP contribution in [0.1, 0.15) is 38.4 Å². The number of hydrogen-bond donors (Lipinski definition) is 0. The summed E-state index contributed by atoms with van der Waals surface area (Å²) in [6, 6.07) is 6.77.